The molecular weight excluding hydrogens is 324 g/mol. The molecule has 1 heterocycles. The van der Waals surface area contributed by atoms with E-state index in [-0.39, 0.29) is 11.7 Å². The second-order valence-corrected chi connectivity index (χ2v) is 4.95. The van der Waals surface area contributed by atoms with Crippen molar-refractivity contribution in [2.24, 2.45) is 0 Å². The summed E-state index contributed by atoms with van der Waals surface area (Å²) in [5.74, 6) is -0.490. The fraction of sp³-hybridized carbons (Fsp3) is 0.286. The first-order chi connectivity index (χ1) is 9.63. The Bertz CT molecular complexity index is 610. The first-order valence-electron chi connectivity index (χ1n) is 6.32. The summed E-state index contributed by atoms with van der Waals surface area (Å²) < 4.78 is 11.1. The third kappa shape index (κ3) is 3.39. The largest absolute Gasteiger partial charge is 0.461 e. The van der Waals surface area contributed by atoms with Crippen LogP contribution in [-0.2, 0) is 11.2 Å². The number of nitrogens with one attached hydrogen (secondary N) is 1. The van der Waals surface area contributed by atoms with Crippen molar-refractivity contribution in [3.8, 4) is 0 Å². The van der Waals surface area contributed by atoms with Gasteiger partial charge >= 0.3 is 5.97 Å². The summed E-state index contributed by atoms with van der Waals surface area (Å²) in [4.78, 5) is 15.6. The SMILES string of the molecule is CCOC(=O)c1coc(Nc2ccc(Br)cc2CC)n1. The molecule has 1 N–H and O–H groups in total. The molecule has 0 aliphatic heterocycles. The maximum absolute atomic E-state index is 11.5. The zero-order valence-corrected chi connectivity index (χ0v) is 12.9. The van der Waals surface area contributed by atoms with Crippen LogP contribution in [0, 0.1) is 0 Å². The number of benzene rings is 1. The van der Waals surface area contributed by atoms with Crippen LogP contribution in [0.15, 0.2) is 33.4 Å². The molecule has 0 amide bonds. The molecule has 0 aliphatic rings. The molecule has 6 heteroatoms. The highest BCUT2D eigenvalue weighted by Gasteiger charge is 2.13. The highest BCUT2D eigenvalue weighted by atomic mass is 79.9. The van der Waals surface area contributed by atoms with Gasteiger partial charge < -0.3 is 14.5 Å². The Labute approximate surface area is 125 Å². The van der Waals surface area contributed by atoms with E-state index in [1.165, 1.54) is 6.26 Å². The molecule has 0 fully saturated rings. The monoisotopic (exact) mass is 338 g/mol. The lowest BCUT2D eigenvalue weighted by Gasteiger charge is -2.08. The van der Waals surface area contributed by atoms with Gasteiger partial charge in [-0.1, -0.05) is 22.9 Å². The van der Waals surface area contributed by atoms with Gasteiger partial charge in [-0.05, 0) is 37.1 Å². The number of nitrogens with zero attached hydrogens (tertiary/aromatic N) is 1. The maximum Gasteiger partial charge on any atom is 0.360 e. The first kappa shape index (κ1) is 14.6. The van der Waals surface area contributed by atoms with E-state index in [4.69, 9.17) is 9.15 Å². The van der Waals surface area contributed by atoms with Crippen molar-refractivity contribution in [1.29, 1.82) is 0 Å². The van der Waals surface area contributed by atoms with Crippen LogP contribution in [0.1, 0.15) is 29.9 Å². The van der Waals surface area contributed by atoms with Crippen LogP contribution in [0.4, 0.5) is 11.7 Å². The minimum atomic E-state index is -0.490. The number of esters is 1. The smallest absolute Gasteiger partial charge is 0.360 e. The van der Waals surface area contributed by atoms with Crippen LogP contribution in [0.3, 0.4) is 0 Å². The average molecular weight is 339 g/mol. The molecule has 0 aliphatic carbocycles. The van der Waals surface area contributed by atoms with Gasteiger partial charge in [0.25, 0.3) is 6.01 Å². The number of carbonyl (C=O) groups excluding carboxylic acids is 1. The van der Waals surface area contributed by atoms with E-state index in [0.717, 1.165) is 22.1 Å². The van der Waals surface area contributed by atoms with Crippen LogP contribution in [-0.4, -0.2) is 17.6 Å². The summed E-state index contributed by atoms with van der Waals surface area (Å²) in [5.41, 5.74) is 2.17. The molecule has 0 saturated heterocycles. The molecule has 0 radical (unpaired) electrons. The van der Waals surface area contributed by atoms with E-state index >= 15 is 0 Å². The predicted molar refractivity (Wildman–Crippen MR) is 79.3 cm³/mol. The fourth-order valence-corrected chi connectivity index (χ4v) is 2.13. The molecule has 2 aromatic rings. The zero-order valence-electron chi connectivity index (χ0n) is 11.3. The van der Waals surface area contributed by atoms with Gasteiger partial charge in [0, 0.05) is 10.2 Å². The standard InChI is InChI=1S/C14H15BrN2O3/c1-3-9-7-10(15)5-6-11(9)16-14-17-12(8-20-14)13(18)19-4-2/h5-8H,3-4H2,1-2H3,(H,16,17). The van der Waals surface area contributed by atoms with E-state index < -0.39 is 5.97 Å². The lowest BCUT2D eigenvalue weighted by atomic mass is 10.1. The minimum absolute atomic E-state index is 0.157. The number of carbonyl (C=O) groups is 1. The molecule has 0 saturated carbocycles. The Morgan fingerprint density at radius 3 is 2.95 bits per heavy atom. The molecule has 106 valence electrons. The second-order valence-electron chi connectivity index (χ2n) is 4.04. The summed E-state index contributed by atoms with van der Waals surface area (Å²) in [6, 6.07) is 6.15. The van der Waals surface area contributed by atoms with Crippen molar-refractivity contribution in [3.63, 3.8) is 0 Å². The molecule has 1 aromatic heterocycles. The molecule has 20 heavy (non-hydrogen) atoms. The number of hydrogen-bond donors (Lipinski definition) is 1. The summed E-state index contributed by atoms with van der Waals surface area (Å²) >= 11 is 3.43. The van der Waals surface area contributed by atoms with Crippen molar-refractivity contribution in [2.75, 3.05) is 11.9 Å². The Hall–Kier alpha value is -1.82. The summed E-state index contributed by atoms with van der Waals surface area (Å²) in [5, 5.41) is 3.06. The number of hydrogen-bond acceptors (Lipinski definition) is 5. The topological polar surface area (TPSA) is 64.4 Å². The highest BCUT2D eigenvalue weighted by Crippen LogP contribution is 2.24. The first-order valence-corrected chi connectivity index (χ1v) is 7.11. The normalized spacial score (nSPS) is 10.3. The van der Waals surface area contributed by atoms with Crippen molar-refractivity contribution in [3.05, 3.63) is 40.2 Å². The molecule has 0 atom stereocenters. The Morgan fingerprint density at radius 2 is 2.25 bits per heavy atom. The van der Waals surface area contributed by atoms with Crippen molar-refractivity contribution in [2.45, 2.75) is 20.3 Å². The highest BCUT2D eigenvalue weighted by molar-refractivity contribution is 9.10. The van der Waals surface area contributed by atoms with Crippen LogP contribution in [0.5, 0.6) is 0 Å². The fourth-order valence-electron chi connectivity index (χ4n) is 1.72. The Kier molecular flexibility index (Phi) is 4.79. The number of anilines is 2. The minimum Gasteiger partial charge on any atom is -0.461 e. The van der Waals surface area contributed by atoms with E-state index in [1.54, 1.807) is 6.92 Å². The number of rotatable bonds is 5. The van der Waals surface area contributed by atoms with Gasteiger partial charge in [-0.15, -0.1) is 0 Å². The molecule has 1 aromatic carbocycles. The zero-order chi connectivity index (χ0) is 14.5. The predicted octanol–water partition coefficient (Wildman–Crippen LogP) is 3.92. The van der Waals surface area contributed by atoms with Gasteiger partial charge in [-0.3, -0.25) is 0 Å². The van der Waals surface area contributed by atoms with Gasteiger partial charge in [0.05, 0.1) is 6.61 Å². The van der Waals surface area contributed by atoms with Gasteiger partial charge in [0.1, 0.15) is 6.26 Å². The van der Waals surface area contributed by atoms with E-state index in [2.05, 4.69) is 33.2 Å². The van der Waals surface area contributed by atoms with Crippen LogP contribution < -0.4 is 5.32 Å². The second kappa shape index (κ2) is 6.56. The number of ether oxygens (including phenoxy) is 1. The third-order valence-corrected chi connectivity index (χ3v) is 3.17. The summed E-state index contributed by atoms with van der Waals surface area (Å²) in [6.45, 7) is 4.11. The molecular formula is C14H15BrN2O3. The van der Waals surface area contributed by atoms with E-state index in [9.17, 15) is 4.79 Å². The maximum atomic E-state index is 11.5. The van der Waals surface area contributed by atoms with Crippen LogP contribution >= 0.6 is 15.9 Å². The molecule has 0 bridgehead atoms. The lowest BCUT2D eigenvalue weighted by Crippen LogP contribution is -2.05. The van der Waals surface area contributed by atoms with Gasteiger partial charge in [-0.2, -0.15) is 4.98 Å². The number of halogens is 1. The van der Waals surface area contributed by atoms with E-state index in [1.807, 2.05) is 18.2 Å². The summed E-state index contributed by atoms with van der Waals surface area (Å²) in [6.07, 6.45) is 2.15. The Balaban J connectivity index is 2.16. The number of oxazole rings is 1. The average Bonchev–Trinajstić information content (AvgIpc) is 2.89. The molecule has 2 rings (SSSR count). The Morgan fingerprint density at radius 1 is 1.45 bits per heavy atom. The van der Waals surface area contributed by atoms with Crippen molar-refractivity contribution >= 4 is 33.6 Å². The quantitative estimate of drug-likeness (QED) is 0.837. The number of aryl methyl sites for hydroxylation is 1. The van der Waals surface area contributed by atoms with Crippen molar-refractivity contribution in [1.82, 2.24) is 4.98 Å². The molecule has 5 nitrogen and oxygen atoms in total. The lowest BCUT2D eigenvalue weighted by molar-refractivity contribution is 0.0519. The van der Waals surface area contributed by atoms with Gasteiger partial charge in [-0.25, -0.2) is 4.79 Å². The van der Waals surface area contributed by atoms with E-state index in [0.29, 0.717) is 6.61 Å². The van der Waals surface area contributed by atoms with Crippen molar-refractivity contribution < 1.29 is 13.9 Å². The third-order valence-electron chi connectivity index (χ3n) is 2.68. The van der Waals surface area contributed by atoms with Crippen LogP contribution in [0.2, 0.25) is 0 Å². The molecule has 0 spiro atoms. The number of aromatic nitrogens is 1. The van der Waals surface area contributed by atoms with Gasteiger partial charge in [0.2, 0.25) is 0 Å². The summed E-state index contributed by atoms with van der Waals surface area (Å²) in [7, 11) is 0. The van der Waals surface area contributed by atoms with Gasteiger partial charge in [0.15, 0.2) is 5.69 Å². The van der Waals surface area contributed by atoms with Crippen LogP contribution in [0.25, 0.3) is 0 Å². The molecule has 0 unspecified atom stereocenters.